The van der Waals surface area contributed by atoms with Gasteiger partial charge in [-0.15, -0.1) is 0 Å². The van der Waals surface area contributed by atoms with Crippen molar-refractivity contribution < 1.29 is 18.6 Å². The van der Waals surface area contributed by atoms with Crippen molar-refractivity contribution in [1.29, 1.82) is 0 Å². The molecule has 0 bridgehead atoms. The molecule has 5 nitrogen and oxygen atoms in total. The summed E-state index contributed by atoms with van der Waals surface area (Å²) in [6, 6.07) is 16.5. The molecule has 6 heteroatoms. The Bertz CT molecular complexity index is 1190. The Balaban J connectivity index is 1.91. The van der Waals surface area contributed by atoms with Crippen LogP contribution >= 0.6 is 0 Å². The van der Waals surface area contributed by atoms with Crippen LogP contribution < -0.4 is 14.2 Å². The fourth-order valence-corrected chi connectivity index (χ4v) is 3.66. The zero-order valence-corrected chi connectivity index (χ0v) is 17.4. The van der Waals surface area contributed by atoms with Gasteiger partial charge in [-0.2, -0.15) is 0 Å². The molecule has 0 atom stereocenters. The van der Waals surface area contributed by atoms with Gasteiger partial charge in [-0.25, -0.2) is 9.37 Å². The molecule has 0 N–H and O–H groups in total. The summed E-state index contributed by atoms with van der Waals surface area (Å²) in [6.07, 6.45) is 0. The second kappa shape index (κ2) is 8.06. The number of ether oxygens (including phenoxy) is 3. The first kappa shape index (κ1) is 19.8. The Morgan fingerprint density at radius 3 is 2.23 bits per heavy atom. The van der Waals surface area contributed by atoms with Crippen molar-refractivity contribution >= 4 is 11.0 Å². The van der Waals surface area contributed by atoms with E-state index in [0.29, 0.717) is 35.2 Å². The van der Waals surface area contributed by atoms with E-state index in [2.05, 4.69) is 0 Å². The van der Waals surface area contributed by atoms with Gasteiger partial charge in [-0.05, 0) is 54.4 Å². The largest absolute Gasteiger partial charge is 0.493 e. The third kappa shape index (κ3) is 3.45. The molecule has 1 heterocycles. The lowest BCUT2D eigenvalue weighted by molar-refractivity contribution is 0.323. The van der Waals surface area contributed by atoms with Crippen LogP contribution in [0.3, 0.4) is 0 Å². The Morgan fingerprint density at radius 2 is 1.60 bits per heavy atom. The zero-order chi connectivity index (χ0) is 21.3. The summed E-state index contributed by atoms with van der Waals surface area (Å²) in [5.74, 6) is 1.93. The van der Waals surface area contributed by atoms with E-state index in [9.17, 15) is 4.39 Å². The number of methoxy groups -OCH3 is 3. The molecule has 0 saturated heterocycles. The number of hydrogen-bond acceptors (Lipinski definition) is 4. The van der Waals surface area contributed by atoms with Gasteiger partial charge in [0.05, 0.1) is 37.9 Å². The molecule has 0 aliphatic rings. The summed E-state index contributed by atoms with van der Waals surface area (Å²) in [5, 5.41) is 0. The van der Waals surface area contributed by atoms with Gasteiger partial charge in [0.25, 0.3) is 0 Å². The average Bonchev–Trinajstić information content (AvgIpc) is 3.10. The molecule has 0 fully saturated rings. The molecule has 0 unspecified atom stereocenters. The number of imidazole rings is 1. The Morgan fingerprint density at radius 1 is 0.900 bits per heavy atom. The lowest BCUT2D eigenvalue weighted by Crippen LogP contribution is -2.05. The van der Waals surface area contributed by atoms with Gasteiger partial charge >= 0.3 is 0 Å². The number of halogens is 1. The Hall–Kier alpha value is -3.54. The molecule has 3 aromatic carbocycles. The molecule has 0 amide bonds. The van der Waals surface area contributed by atoms with Crippen LogP contribution in [-0.4, -0.2) is 30.9 Å². The van der Waals surface area contributed by atoms with Crippen LogP contribution in [0.25, 0.3) is 22.4 Å². The predicted molar refractivity (Wildman–Crippen MR) is 115 cm³/mol. The van der Waals surface area contributed by atoms with E-state index < -0.39 is 0 Å². The fourth-order valence-electron chi connectivity index (χ4n) is 3.66. The number of aromatic nitrogens is 2. The molecule has 0 radical (unpaired) electrons. The second-order valence-corrected chi connectivity index (χ2v) is 7.03. The van der Waals surface area contributed by atoms with Crippen LogP contribution in [0.4, 0.5) is 4.39 Å². The molecule has 4 aromatic rings. The smallest absolute Gasteiger partial charge is 0.203 e. The highest BCUT2D eigenvalue weighted by Gasteiger charge is 2.18. The third-order valence-corrected chi connectivity index (χ3v) is 5.08. The number of fused-ring (bicyclic) bond motifs is 1. The standard InChI is InChI=1S/C24H23FN2O3/c1-15-9-10-20-19(11-15)26-24(17-7-5-6-8-18(17)25)27(20)14-16-12-21(28-2)23(30-4)22(13-16)29-3/h5-13H,14H2,1-4H3. The number of rotatable bonds is 6. The maximum atomic E-state index is 14.6. The number of aryl methyl sites for hydroxylation is 1. The van der Waals surface area contributed by atoms with E-state index in [1.165, 1.54) is 6.07 Å². The number of benzene rings is 3. The molecule has 0 aliphatic carbocycles. The molecule has 4 rings (SSSR count). The van der Waals surface area contributed by atoms with Crippen molar-refractivity contribution in [3.8, 4) is 28.6 Å². The first-order valence-corrected chi connectivity index (χ1v) is 9.56. The third-order valence-electron chi connectivity index (χ3n) is 5.08. The minimum absolute atomic E-state index is 0.310. The van der Waals surface area contributed by atoms with Crippen molar-refractivity contribution in [2.45, 2.75) is 13.5 Å². The fraction of sp³-hybridized carbons (Fsp3) is 0.208. The van der Waals surface area contributed by atoms with Gasteiger partial charge in [0.2, 0.25) is 5.75 Å². The number of nitrogens with zero attached hydrogens (tertiary/aromatic N) is 2. The normalized spacial score (nSPS) is 11.0. The van der Waals surface area contributed by atoms with Gasteiger partial charge < -0.3 is 18.8 Å². The second-order valence-electron chi connectivity index (χ2n) is 7.03. The van der Waals surface area contributed by atoms with Crippen LogP contribution in [0.15, 0.2) is 54.6 Å². The molecular formula is C24H23FN2O3. The van der Waals surface area contributed by atoms with Crippen LogP contribution in [-0.2, 0) is 6.54 Å². The highest BCUT2D eigenvalue weighted by atomic mass is 19.1. The summed E-state index contributed by atoms with van der Waals surface area (Å²) in [6.45, 7) is 2.47. The molecule has 0 spiro atoms. The van der Waals surface area contributed by atoms with Crippen molar-refractivity contribution in [1.82, 2.24) is 9.55 Å². The lowest BCUT2D eigenvalue weighted by atomic mass is 10.1. The molecule has 154 valence electrons. The van der Waals surface area contributed by atoms with E-state index >= 15 is 0 Å². The topological polar surface area (TPSA) is 45.5 Å². The summed E-state index contributed by atoms with van der Waals surface area (Å²) >= 11 is 0. The van der Waals surface area contributed by atoms with Crippen molar-refractivity contribution in [3.63, 3.8) is 0 Å². The summed E-state index contributed by atoms with van der Waals surface area (Å²) < 4.78 is 33.0. The van der Waals surface area contributed by atoms with Crippen LogP contribution in [0, 0.1) is 12.7 Å². The van der Waals surface area contributed by atoms with Gasteiger partial charge in [0.1, 0.15) is 11.6 Å². The molecule has 0 aliphatic heterocycles. The highest BCUT2D eigenvalue weighted by molar-refractivity contribution is 5.81. The summed E-state index contributed by atoms with van der Waals surface area (Å²) in [4.78, 5) is 4.76. The van der Waals surface area contributed by atoms with Crippen molar-refractivity contribution in [3.05, 3.63) is 71.5 Å². The monoisotopic (exact) mass is 406 g/mol. The van der Waals surface area contributed by atoms with E-state index in [-0.39, 0.29) is 5.82 Å². The maximum Gasteiger partial charge on any atom is 0.203 e. The Labute approximate surface area is 174 Å². The highest BCUT2D eigenvalue weighted by Crippen LogP contribution is 2.39. The maximum absolute atomic E-state index is 14.6. The van der Waals surface area contributed by atoms with E-state index in [1.54, 1.807) is 33.5 Å². The number of hydrogen-bond donors (Lipinski definition) is 0. The van der Waals surface area contributed by atoms with Gasteiger partial charge in [-0.1, -0.05) is 18.2 Å². The first-order valence-electron chi connectivity index (χ1n) is 9.56. The van der Waals surface area contributed by atoms with Crippen molar-refractivity contribution in [2.24, 2.45) is 0 Å². The minimum Gasteiger partial charge on any atom is -0.493 e. The Kier molecular flexibility index (Phi) is 5.31. The van der Waals surface area contributed by atoms with Gasteiger partial charge in [0.15, 0.2) is 11.5 Å². The summed E-state index contributed by atoms with van der Waals surface area (Å²) in [5.41, 5.74) is 4.22. The van der Waals surface area contributed by atoms with E-state index in [0.717, 1.165) is 22.2 Å². The molecule has 0 saturated carbocycles. The van der Waals surface area contributed by atoms with Crippen LogP contribution in [0.1, 0.15) is 11.1 Å². The average molecular weight is 406 g/mol. The summed E-state index contributed by atoms with van der Waals surface area (Å²) in [7, 11) is 4.74. The van der Waals surface area contributed by atoms with Crippen LogP contribution in [0.2, 0.25) is 0 Å². The lowest BCUT2D eigenvalue weighted by Gasteiger charge is -2.16. The van der Waals surface area contributed by atoms with Gasteiger partial charge in [0, 0.05) is 6.54 Å². The molecular weight excluding hydrogens is 383 g/mol. The minimum atomic E-state index is -0.310. The van der Waals surface area contributed by atoms with Gasteiger partial charge in [-0.3, -0.25) is 0 Å². The molecule has 30 heavy (non-hydrogen) atoms. The SMILES string of the molecule is COc1cc(Cn2c(-c3ccccc3F)nc3cc(C)ccc32)cc(OC)c1OC. The quantitative estimate of drug-likeness (QED) is 0.440. The molecule has 1 aromatic heterocycles. The zero-order valence-electron chi connectivity index (χ0n) is 17.4. The van der Waals surface area contributed by atoms with Crippen molar-refractivity contribution in [2.75, 3.05) is 21.3 Å². The van der Waals surface area contributed by atoms with E-state index in [4.69, 9.17) is 19.2 Å². The van der Waals surface area contributed by atoms with Crippen LogP contribution in [0.5, 0.6) is 17.2 Å². The predicted octanol–water partition coefficient (Wildman–Crippen LogP) is 5.22. The first-order chi connectivity index (χ1) is 14.5. The van der Waals surface area contributed by atoms with E-state index in [1.807, 2.05) is 47.9 Å².